The molecule has 1 saturated heterocycles. The summed E-state index contributed by atoms with van der Waals surface area (Å²) in [5, 5.41) is 10.6. The molecule has 2 heterocycles. The maximum atomic E-state index is 11.5. The van der Waals surface area contributed by atoms with Crippen LogP contribution in [0.1, 0.15) is 13.8 Å². The number of carbonyl (C=O) groups is 1. The number of rotatable bonds is 5. The molecule has 1 aromatic rings. The lowest BCUT2D eigenvalue weighted by Crippen LogP contribution is -2.32. The normalized spacial score (nSPS) is 18.0. The van der Waals surface area contributed by atoms with Crippen molar-refractivity contribution in [1.82, 2.24) is 9.88 Å². The van der Waals surface area contributed by atoms with E-state index in [0.717, 1.165) is 6.20 Å². The molecule has 114 valence electrons. The van der Waals surface area contributed by atoms with Gasteiger partial charge in [-0.1, -0.05) is 0 Å². The molecule has 0 bridgehead atoms. The van der Waals surface area contributed by atoms with Crippen molar-refractivity contribution in [3.8, 4) is 5.88 Å². The molecule has 9 nitrogen and oxygen atoms in total. The number of nitrogens with two attached hydrogens (primary N) is 1. The molecule has 0 saturated carbocycles. The highest BCUT2D eigenvalue weighted by Crippen LogP contribution is 2.24. The Morgan fingerprint density at radius 3 is 2.90 bits per heavy atom. The quantitative estimate of drug-likeness (QED) is 0.639. The van der Waals surface area contributed by atoms with Crippen LogP contribution in [0.3, 0.4) is 0 Å². The number of carbonyl (C=O) groups excluding carboxylic acids is 1. The summed E-state index contributed by atoms with van der Waals surface area (Å²) in [6.07, 6.45) is 0.249. The third-order valence-corrected chi connectivity index (χ3v) is 3.03. The van der Waals surface area contributed by atoms with Crippen molar-refractivity contribution in [2.45, 2.75) is 26.0 Å². The monoisotopic (exact) mass is 296 g/mol. The minimum Gasteiger partial charge on any atom is -0.474 e. The summed E-state index contributed by atoms with van der Waals surface area (Å²) in [6.45, 7) is 4.32. The SMILES string of the molecule is CC(C)N1CC(COc2cc(N)c([N+](=O)[O-])cn2)OC1=O. The first-order chi connectivity index (χ1) is 9.88. The van der Waals surface area contributed by atoms with Gasteiger partial charge in [0.2, 0.25) is 5.88 Å². The van der Waals surface area contributed by atoms with Crippen LogP contribution in [0.2, 0.25) is 0 Å². The van der Waals surface area contributed by atoms with Crippen molar-refractivity contribution in [3.05, 3.63) is 22.4 Å². The topological polar surface area (TPSA) is 121 Å². The minimum atomic E-state index is -0.620. The fourth-order valence-electron chi connectivity index (χ4n) is 1.90. The molecule has 0 aliphatic carbocycles. The molecule has 1 fully saturated rings. The Labute approximate surface area is 120 Å². The molecule has 1 aromatic heterocycles. The molecule has 1 atom stereocenters. The number of hydrogen-bond acceptors (Lipinski definition) is 7. The predicted octanol–water partition coefficient (Wildman–Crippen LogP) is 1.18. The molecule has 0 aromatic carbocycles. The number of hydrogen-bond donors (Lipinski definition) is 1. The number of aromatic nitrogens is 1. The second kappa shape index (κ2) is 5.81. The van der Waals surface area contributed by atoms with Crippen LogP contribution in [0.5, 0.6) is 5.88 Å². The highest BCUT2D eigenvalue weighted by atomic mass is 16.6. The maximum Gasteiger partial charge on any atom is 0.410 e. The van der Waals surface area contributed by atoms with Crippen molar-refractivity contribution in [3.63, 3.8) is 0 Å². The van der Waals surface area contributed by atoms with Gasteiger partial charge in [0.05, 0.1) is 11.5 Å². The molecular weight excluding hydrogens is 280 g/mol. The molecule has 1 unspecified atom stereocenters. The summed E-state index contributed by atoms with van der Waals surface area (Å²) in [7, 11) is 0. The van der Waals surface area contributed by atoms with E-state index in [4.69, 9.17) is 15.2 Å². The Balaban J connectivity index is 1.94. The first kappa shape index (κ1) is 14.8. The number of ether oxygens (including phenoxy) is 2. The summed E-state index contributed by atoms with van der Waals surface area (Å²) in [6, 6.07) is 1.32. The van der Waals surface area contributed by atoms with Gasteiger partial charge >= 0.3 is 11.8 Å². The highest BCUT2D eigenvalue weighted by molar-refractivity contribution is 5.70. The second-order valence-electron chi connectivity index (χ2n) is 4.90. The Bertz CT molecular complexity index is 563. The van der Waals surface area contributed by atoms with E-state index in [1.54, 1.807) is 4.90 Å². The number of anilines is 1. The van der Waals surface area contributed by atoms with Crippen molar-refractivity contribution in [1.29, 1.82) is 0 Å². The summed E-state index contributed by atoms with van der Waals surface area (Å²) < 4.78 is 10.5. The molecule has 0 spiro atoms. The van der Waals surface area contributed by atoms with Gasteiger partial charge in [0.15, 0.2) is 6.10 Å². The third kappa shape index (κ3) is 3.30. The van der Waals surface area contributed by atoms with E-state index >= 15 is 0 Å². The molecule has 1 aliphatic heterocycles. The average Bonchev–Trinajstić information content (AvgIpc) is 2.77. The lowest BCUT2D eigenvalue weighted by Gasteiger charge is -2.16. The van der Waals surface area contributed by atoms with E-state index in [-0.39, 0.29) is 36.0 Å². The molecule has 2 N–H and O–H groups in total. The van der Waals surface area contributed by atoms with Crippen molar-refractivity contribution >= 4 is 17.5 Å². The number of nitro groups is 1. The van der Waals surface area contributed by atoms with E-state index in [9.17, 15) is 14.9 Å². The Morgan fingerprint density at radius 1 is 1.67 bits per heavy atom. The largest absolute Gasteiger partial charge is 0.474 e. The summed E-state index contributed by atoms with van der Waals surface area (Å²) in [4.78, 5) is 26.9. The molecule has 1 aliphatic rings. The Morgan fingerprint density at radius 2 is 2.38 bits per heavy atom. The summed E-state index contributed by atoms with van der Waals surface area (Å²) >= 11 is 0. The van der Waals surface area contributed by atoms with E-state index < -0.39 is 11.0 Å². The van der Waals surface area contributed by atoms with Gasteiger partial charge in [0.25, 0.3) is 0 Å². The minimum absolute atomic E-state index is 0.0303. The van der Waals surface area contributed by atoms with Crippen LogP contribution in [-0.2, 0) is 4.74 Å². The van der Waals surface area contributed by atoms with Gasteiger partial charge in [0, 0.05) is 12.1 Å². The van der Waals surface area contributed by atoms with E-state index in [2.05, 4.69) is 4.98 Å². The smallest absolute Gasteiger partial charge is 0.410 e. The Hall–Kier alpha value is -2.58. The highest BCUT2D eigenvalue weighted by Gasteiger charge is 2.33. The van der Waals surface area contributed by atoms with Gasteiger partial charge in [-0.3, -0.25) is 10.1 Å². The van der Waals surface area contributed by atoms with E-state index in [1.165, 1.54) is 6.07 Å². The molecule has 0 radical (unpaired) electrons. The van der Waals surface area contributed by atoms with Crippen LogP contribution in [-0.4, -0.2) is 46.2 Å². The first-order valence-corrected chi connectivity index (χ1v) is 6.38. The first-order valence-electron chi connectivity index (χ1n) is 6.38. The van der Waals surface area contributed by atoms with Gasteiger partial charge in [0.1, 0.15) is 18.5 Å². The zero-order valence-electron chi connectivity index (χ0n) is 11.7. The lowest BCUT2D eigenvalue weighted by atomic mass is 10.3. The second-order valence-corrected chi connectivity index (χ2v) is 4.90. The zero-order valence-corrected chi connectivity index (χ0v) is 11.7. The van der Waals surface area contributed by atoms with E-state index in [0.29, 0.717) is 6.54 Å². The molecule has 21 heavy (non-hydrogen) atoms. The maximum absolute atomic E-state index is 11.5. The number of pyridine rings is 1. The number of nitrogens with zero attached hydrogens (tertiary/aromatic N) is 3. The number of nitrogen functional groups attached to an aromatic ring is 1. The number of amides is 1. The van der Waals surface area contributed by atoms with Crippen LogP contribution in [0.4, 0.5) is 16.2 Å². The van der Waals surface area contributed by atoms with Crippen molar-refractivity contribution < 1.29 is 19.2 Å². The molecule has 1 amide bonds. The van der Waals surface area contributed by atoms with Crippen LogP contribution in [0.15, 0.2) is 12.3 Å². The van der Waals surface area contributed by atoms with Gasteiger partial charge < -0.3 is 20.1 Å². The van der Waals surface area contributed by atoms with Gasteiger partial charge in [-0.25, -0.2) is 9.78 Å². The van der Waals surface area contributed by atoms with E-state index in [1.807, 2.05) is 13.8 Å². The van der Waals surface area contributed by atoms with Crippen molar-refractivity contribution in [2.75, 3.05) is 18.9 Å². The lowest BCUT2D eigenvalue weighted by molar-refractivity contribution is -0.384. The van der Waals surface area contributed by atoms with Gasteiger partial charge in [-0.05, 0) is 13.8 Å². The number of cyclic esters (lactones) is 1. The summed E-state index contributed by atoms with van der Waals surface area (Å²) in [5.74, 6) is 0.150. The fraction of sp³-hybridized carbons (Fsp3) is 0.500. The average molecular weight is 296 g/mol. The van der Waals surface area contributed by atoms with Crippen LogP contribution >= 0.6 is 0 Å². The van der Waals surface area contributed by atoms with Gasteiger partial charge in [-0.2, -0.15) is 0 Å². The Kier molecular flexibility index (Phi) is 4.10. The zero-order chi connectivity index (χ0) is 15.6. The van der Waals surface area contributed by atoms with Gasteiger partial charge in [-0.15, -0.1) is 0 Å². The van der Waals surface area contributed by atoms with Crippen LogP contribution < -0.4 is 10.5 Å². The van der Waals surface area contributed by atoms with Crippen LogP contribution in [0, 0.1) is 10.1 Å². The van der Waals surface area contributed by atoms with Crippen molar-refractivity contribution in [2.24, 2.45) is 0 Å². The molecule has 2 rings (SSSR count). The predicted molar refractivity (Wildman–Crippen MR) is 72.9 cm³/mol. The van der Waals surface area contributed by atoms with Crippen LogP contribution in [0.25, 0.3) is 0 Å². The fourth-order valence-corrected chi connectivity index (χ4v) is 1.90. The standard InChI is InChI=1S/C12H16N4O5/c1-7(2)15-5-8(21-12(15)17)6-20-11-3-9(13)10(4-14-11)16(18)19/h3-4,7-8H,5-6H2,1-2H3,(H2,13,14). The summed E-state index contributed by atoms with van der Waals surface area (Å²) in [5.41, 5.74) is 5.23. The molecular formula is C12H16N4O5. The molecule has 9 heteroatoms. The third-order valence-electron chi connectivity index (χ3n) is 3.03.